The van der Waals surface area contributed by atoms with E-state index in [0.29, 0.717) is 0 Å². The van der Waals surface area contributed by atoms with Crippen LogP contribution in [0.15, 0.2) is 30.3 Å². The van der Waals surface area contributed by atoms with Gasteiger partial charge in [-0.2, -0.15) is 0 Å². The number of hydrogen-bond donors (Lipinski definition) is 1. The van der Waals surface area contributed by atoms with Crippen molar-refractivity contribution in [3.8, 4) is 0 Å². The molecule has 0 atom stereocenters. The molecule has 0 spiro atoms. The van der Waals surface area contributed by atoms with Crippen molar-refractivity contribution in [1.82, 2.24) is 9.88 Å². The van der Waals surface area contributed by atoms with Crippen LogP contribution in [-0.2, 0) is 6.54 Å². The van der Waals surface area contributed by atoms with Gasteiger partial charge in [-0.15, -0.1) is 0 Å². The molecule has 0 aliphatic rings. The van der Waals surface area contributed by atoms with Crippen molar-refractivity contribution >= 4 is 16.6 Å². The fourth-order valence-corrected chi connectivity index (χ4v) is 2.60. The van der Waals surface area contributed by atoms with E-state index in [1.54, 1.807) is 0 Å². The third-order valence-corrected chi connectivity index (χ3v) is 3.84. The molecule has 3 nitrogen and oxygen atoms in total. The first kappa shape index (κ1) is 15.8. The molecule has 0 amide bonds. The molecule has 114 valence electrons. The lowest BCUT2D eigenvalue weighted by Gasteiger charge is -2.22. The molecule has 0 radical (unpaired) electrons. The smallest absolute Gasteiger partial charge is 0.0726 e. The second-order valence-electron chi connectivity index (χ2n) is 5.70. The fraction of sp³-hybridized carbons (Fsp3) is 0.500. The van der Waals surface area contributed by atoms with Crippen molar-refractivity contribution in [3.05, 3.63) is 36.0 Å². The summed E-state index contributed by atoms with van der Waals surface area (Å²) < 4.78 is 0. The van der Waals surface area contributed by atoms with Crippen LogP contribution < -0.4 is 5.73 Å². The molecule has 0 aliphatic heterocycles. The Morgan fingerprint density at radius 2 is 1.71 bits per heavy atom. The van der Waals surface area contributed by atoms with E-state index >= 15 is 0 Å². The van der Waals surface area contributed by atoms with E-state index in [4.69, 9.17) is 10.7 Å². The van der Waals surface area contributed by atoms with E-state index < -0.39 is 0 Å². The molecule has 0 unspecified atom stereocenters. The van der Waals surface area contributed by atoms with Crippen LogP contribution in [0, 0.1) is 0 Å². The predicted octanol–water partition coefficient (Wildman–Crippen LogP) is 4.22. The SMILES string of the molecule is CCCCN(CCCC)Cc1cc(N)c2ccccc2n1. The number of anilines is 1. The zero-order valence-corrected chi connectivity index (χ0v) is 13.3. The number of aromatic nitrogens is 1. The molecule has 0 saturated carbocycles. The molecule has 2 aromatic rings. The van der Waals surface area contributed by atoms with Crippen LogP contribution in [0.3, 0.4) is 0 Å². The average Bonchev–Trinajstić information content (AvgIpc) is 2.50. The Morgan fingerprint density at radius 1 is 1.05 bits per heavy atom. The highest BCUT2D eigenvalue weighted by molar-refractivity contribution is 5.90. The molecule has 2 rings (SSSR count). The van der Waals surface area contributed by atoms with Gasteiger partial charge in [0.2, 0.25) is 0 Å². The van der Waals surface area contributed by atoms with Gasteiger partial charge in [0.25, 0.3) is 0 Å². The van der Waals surface area contributed by atoms with Crippen molar-refractivity contribution in [2.45, 2.75) is 46.1 Å². The molecule has 21 heavy (non-hydrogen) atoms. The van der Waals surface area contributed by atoms with Crippen LogP contribution in [-0.4, -0.2) is 23.0 Å². The van der Waals surface area contributed by atoms with E-state index in [1.807, 2.05) is 30.3 Å². The number of fused-ring (bicyclic) bond motifs is 1. The summed E-state index contributed by atoms with van der Waals surface area (Å²) in [6.07, 6.45) is 4.95. The number of pyridine rings is 1. The van der Waals surface area contributed by atoms with E-state index in [0.717, 1.165) is 41.9 Å². The normalized spacial score (nSPS) is 11.4. The van der Waals surface area contributed by atoms with E-state index in [-0.39, 0.29) is 0 Å². The number of hydrogen-bond acceptors (Lipinski definition) is 3. The zero-order valence-electron chi connectivity index (χ0n) is 13.3. The van der Waals surface area contributed by atoms with Crippen LogP contribution in [0.4, 0.5) is 5.69 Å². The molecule has 0 saturated heterocycles. The highest BCUT2D eigenvalue weighted by atomic mass is 15.1. The summed E-state index contributed by atoms with van der Waals surface area (Å²) >= 11 is 0. The number of nitrogen functional groups attached to an aromatic ring is 1. The third kappa shape index (κ3) is 4.43. The van der Waals surface area contributed by atoms with Crippen molar-refractivity contribution in [2.75, 3.05) is 18.8 Å². The minimum Gasteiger partial charge on any atom is -0.398 e. The molecule has 1 heterocycles. The molecule has 0 bridgehead atoms. The number of para-hydroxylation sites is 1. The summed E-state index contributed by atoms with van der Waals surface area (Å²) in [4.78, 5) is 7.27. The molecule has 1 aromatic carbocycles. The van der Waals surface area contributed by atoms with Crippen molar-refractivity contribution in [1.29, 1.82) is 0 Å². The van der Waals surface area contributed by atoms with Crippen LogP contribution >= 0.6 is 0 Å². The Morgan fingerprint density at radius 3 is 2.38 bits per heavy atom. The van der Waals surface area contributed by atoms with E-state index in [1.165, 1.54) is 25.7 Å². The van der Waals surface area contributed by atoms with Gasteiger partial charge in [0.15, 0.2) is 0 Å². The number of benzene rings is 1. The Kier molecular flexibility index (Phi) is 6.00. The average molecular weight is 285 g/mol. The first-order valence-corrected chi connectivity index (χ1v) is 8.11. The Hall–Kier alpha value is -1.61. The van der Waals surface area contributed by atoms with Crippen molar-refractivity contribution in [2.24, 2.45) is 0 Å². The molecule has 2 N–H and O–H groups in total. The molecular weight excluding hydrogens is 258 g/mol. The lowest BCUT2D eigenvalue weighted by atomic mass is 10.1. The second-order valence-corrected chi connectivity index (χ2v) is 5.70. The number of rotatable bonds is 8. The van der Waals surface area contributed by atoms with Gasteiger partial charge in [-0.3, -0.25) is 9.88 Å². The monoisotopic (exact) mass is 285 g/mol. The summed E-state index contributed by atoms with van der Waals surface area (Å²) in [5.74, 6) is 0. The Bertz CT molecular complexity index is 557. The topological polar surface area (TPSA) is 42.1 Å². The van der Waals surface area contributed by atoms with Crippen molar-refractivity contribution in [3.63, 3.8) is 0 Å². The van der Waals surface area contributed by atoms with Gasteiger partial charge in [-0.25, -0.2) is 0 Å². The maximum atomic E-state index is 6.17. The lowest BCUT2D eigenvalue weighted by Crippen LogP contribution is -2.26. The summed E-state index contributed by atoms with van der Waals surface area (Å²) in [5.41, 5.74) is 9.09. The summed E-state index contributed by atoms with van der Waals surface area (Å²) in [5, 5.41) is 1.05. The first-order valence-electron chi connectivity index (χ1n) is 8.11. The second kappa shape index (κ2) is 7.99. The van der Waals surface area contributed by atoms with E-state index in [9.17, 15) is 0 Å². The highest BCUT2D eigenvalue weighted by Gasteiger charge is 2.08. The quantitative estimate of drug-likeness (QED) is 0.789. The molecule has 3 heteroatoms. The number of unbranched alkanes of at least 4 members (excludes halogenated alkanes) is 2. The molecular formula is C18H27N3. The van der Waals surface area contributed by atoms with Gasteiger partial charge in [-0.05, 0) is 38.1 Å². The van der Waals surface area contributed by atoms with Gasteiger partial charge < -0.3 is 5.73 Å². The van der Waals surface area contributed by atoms with Gasteiger partial charge in [0, 0.05) is 17.6 Å². The van der Waals surface area contributed by atoms with Gasteiger partial charge in [0.1, 0.15) is 0 Å². The Labute approximate surface area is 128 Å². The lowest BCUT2D eigenvalue weighted by molar-refractivity contribution is 0.254. The minimum absolute atomic E-state index is 0.835. The molecule has 1 aromatic heterocycles. The summed E-state index contributed by atoms with van der Waals surface area (Å²) in [6.45, 7) is 7.67. The maximum Gasteiger partial charge on any atom is 0.0726 e. The van der Waals surface area contributed by atoms with Crippen molar-refractivity contribution < 1.29 is 0 Å². The highest BCUT2D eigenvalue weighted by Crippen LogP contribution is 2.21. The largest absolute Gasteiger partial charge is 0.398 e. The maximum absolute atomic E-state index is 6.17. The fourth-order valence-electron chi connectivity index (χ4n) is 2.60. The Balaban J connectivity index is 2.15. The van der Waals surface area contributed by atoms with Gasteiger partial charge in [0.05, 0.1) is 11.2 Å². The summed E-state index contributed by atoms with van der Waals surface area (Å²) in [6, 6.07) is 10.1. The minimum atomic E-state index is 0.835. The number of nitrogens with zero attached hydrogens (tertiary/aromatic N) is 2. The third-order valence-electron chi connectivity index (χ3n) is 3.84. The van der Waals surface area contributed by atoms with Crippen LogP contribution in [0.25, 0.3) is 10.9 Å². The number of nitrogens with two attached hydrogens (primary N) is 1. The standard InChI is InChI=1S/C18H27N3/c1-3-5-11-21(12-6-4-2)14-15-13-17(19)16-9-7-8-10-18(16)20-15/h7-10,13H,3-6,11-12,14H2,1-2H3,(H2,19,20). The molecule has 0 aliphatic carbocycles. The van der Waals surface area contributed by atoms with E-state index in [2.05, 4.69) is 18.7 Å². The van der Waals surface area contributed by atoms with Gasteiger partial charge in [-0.1, -0.05) is 44.9 Å². The summed E-state index contributed by atoms with van der Waals surface area (Å²) in [7, 11) is 0. The van der Waals surface area contributed by atoms with Gasteiger partial charge >= 0.3 is 0 Å². The molecule has 0 fully saturated rings. The van der Waals surface area contributed by atoms with Crippen LogP contribution in [0.1, 0.15) is 45.2 Å². The first-order chi connectivity index (χ1) is 10.2. The van der Waals surface area contributed by atoms with Crippen LogP contribution in [0.5, 0.6) is 0 Å². The zero-order chi connectivity index (χ0) is 15.1. The predicted molar refractivity (Wildman–Crippen MR) is 91.2 cm³/mol. The van der Waals surface area contributed by atoms with Crippen LogP contribution in [0.2, 0.25) is 0 Å².